The van der Waals surface area contributed by atoms with Crippen LogP contribution in [0.15, 0.2) is 60.9 Å². The Labute approximate surface area is 170 Å². The van der Waals surface area contributed by atoms with Crippen molar-refractivity contribution in [3.8, 4) is 5.75 Å². The van der Waals surface area contributed by atoms with E-state index in [-0.39, 0.29) is 37.4 Å². The Hall–Kier alpha value is -2.41. The number of aryl methyl sites for hydroxylation is 2. The molecule has 2 atom stereocenters. The SMILES string of the molecule is Cc1ccccc1OCC(O)CNC(c1cccc(F)c1)c1nccn1C.Cl. The second-order valence-electron chi connectivity index (χ2n) is 6.52. The summed E-state index contributed by atoms with van der Waals surface area (Å²) in [5.74, 6) is 1.19. The average molecular weight is 406 g/mol. The second-order valence-corrected chi connectivity index (χ2v) is 6.52. The molecule has 2 unspecified atom stereocenters. The minimum Gasteiger partial charge on any atom is -0.491 e. The van der Waals surface area contributed by atoms with Crippen molar-refractivity contribution in [2.75, 3.05) is 13.2 Å². The summed E-state index contributed by atoms with van der Waals surface area (Å²) < 4.78 is 21.3. The number of ether oxygens (including phenoxy) is 1. The van der Waals surface area contributed by atoms with Crippen molar-refractivity contribution in [1.29, 1.82) is 0 Å². The van der Waals surface area contributed by atoms with Crippen LogP contribution >= 0.6 is 12.4 Å². The number of halogens is 2. The largest absolute Gasteiger partial charge is 0.491 e. The summed E-state index contributed by atoms with van der Waals surface area (Å²) in [6.45, 7) is 2.40. The van der Waals surface area contributed by atoms with Crippen molar-refractivity contribution in [2.24, 2.45) is 7.05 Å². The molecule has 0 saturated heterocycles. The van der Waals surface area contributed by atoms with E-state index < -0.39 is 6.10 Å². The Balaban J connectivity index is 0.00000280. The van der Waals surface area contributed by atoms with E-state index in [0.717, 1.165) is 22.7 Å². The van der Waals surface area contributed by atoms with E-state index in [1.807, 2.05) is 55.1 Å². The highest BCUT2D eigenvalue weighted by Gasteiger charge is 2.20. The van der Waals surface area contributed by atoms with Gasteiger partial charge >= 0.3 is 0 Å². The molecule has 1 heterocycles. The minimum absolute atomic E-state index is 0. The summed E-state index contributed by atoms with van der Waals surface area (Å²) in [6.07, 6.45) is 2.81. The molecule has 0 bridgehead atoms. The minimum atomic E-state index is -0.721. The normalized spacial score (nSPS) is 12.9. The van der Waals surface area contributed by atoms with Crippen molar-refractivity contribution in [1.82, 2.24) is 14.9 Å². The molecule has 0 fully saturated rings. The maximum Gasteiger partial charge on any atom is 0.130 e. The monoisotopic (exact) mass is 405 g/mol. The second kappa shape index (κ2) is 10.2. The topological polar surface area (TPSA) is 59.3 Å². The summed E-state index contributed by atoms with van der Waals surface area (Å²) >= 11 is 0. The van der Waals surface area contributed by atoms with Gasteiger partial charge in [-0.25, -0.2) is 9.37 Å². The van der Waals surface area contributed by atoms with Crippen LogP contribution in [0.4, 0.5) is 4.39 Å². The van der Waals surface area contributed by atoms with E-state index in [4.69, 9.17) is 4.74 Å². The molecular formula is C21H25ClFN3O2. The lowest BCUT2D eigenvalue weighted by Gasteiger charge is -2.21. The van der Waals surface area contributed by atoms with Gasteiger partial charge in [0.05, 0.1) is 6.04 Å². The van der Waals surface area contributed by atoms with Gasteiger partial charge in [0.15, 0.2) is 0 Å². The highest BCUT2D eigenvalue weighted by atomic mass is 35.5. The lowest BCUT2D eigenvalue weighted by molar-refractivity contribution is 0.104. The fourth-order valence-corrected chi connectivity index (χ4v) is 2.92. The Morgan fingerprint density at radius 1 is 1.21 bits per heavy atom. The highest BCUT2D eigenvalue weighted by molar-refractivity contribution is 5.85. The molecule has 0 aliphatic heterocycles. The van der Waals surface area contributed by atoms with E-state index >= 15 is 0 Å². The lowest BCUT2D eigenvalue weighted by Crippen LogP contribution is -2.35. The van der Waals surface area contributed by atoms with Gasteiger partial charge in [0, 0.05) is 26.0 Å². The molecule has 3 aromatic rings. The predicted molar refractivity (Wildman–Crippen MR) is 109 cm³/mol. The number of benzene rings is 2. The molecule has 0 aliphatic rings. The Morgan fingerprint density at radius 2 is 2.00 bits per heavy atom. The summed E-state index contributed by atoms with van der Waals surface area (Å²) in [5, 5.41) is 13.6. The molecule has 150 valence electrons. The summed E-state index contributed by atoms with van der Waals surface area (Å²) in [6, 6.07) is 13.7. The van der Waals surface area contributed by atoms with Crippen molar-refractivity contribution in [2.45, 2.75) is 19.1 Å². The van der Waals surface area contributed by atoms with E-state index in [0.29, 0.717) is 0 Å². The van der Waals surface area contributed by atoms with Crippen molar-refractivity contribution < 1.29 is 14.2 Å². The third-order valence-corrected chi connectivity index (χ3v) is 4.38. The van der Waals surface area contributed by atoms with E-state index in [1.165, 1.54) is 12.1 Å². The molecule has 0 amide bonds. The first-order valence-corrected chi connectivity index (χ1v) is 8.87. The number of para-hydroxylation sites is 1. The van der Waals surface area contributed by atoms with Crippen LogP contribution in [0, 0.1) is 12.7 Å². The zero-order valence-corrected chi connectivity index (χ0v) is 16.7. The van der Waals surface area contributed by atoms with Crippen LogP contribution in [0.2, 0.25) is 0 Å². The van der Waals surface area contributed by atoms with Crippen LogP contribution in [0.1, 0.15) is 23.0 Å². The molecule has 2 aromatic carbocycles. The van der Waals surface area contributed by atoms with Crippen molar-refractivity contribution >= 4 is 12.4 Å². The molecule has 0 spiro atoms. The van der Waals surface area contributed by atoms with Gasteiger partial charge in [-0.1, -0.05) is 30.3 Å². The molecule has 2 N–H and O–H groups in total. The summed E-state index contributed by atoms with van der Waals surface area (Å²) in [7, 11) is 1.88. The van der Waals surface area contributed by atoms with Crippen LogP contribution in [-0.4, -0.2) is 33.9 Å². The Bertz CT molecular complexity index is 887. The van der Waals surface area contributed by atoms with Gasteiger partial charge in [-0.2, -0.15) is 0 Å². The molecule has 5 nitrogen and oxygen atoms in total. The van der Waals surface area contributed by atoms with E-state index in [1.54, 1.807) is 12.3 Å². The number of aliphatic hydroxyl groups excluding tert-OH is 1. The lowest BCUT2D eigenvalue weighted by atomic mass is 10.1. The van der Waals surface area contributed by atoms with Gasteiger partial charge in [-0.05, 0) is 36.2 Å². The van der Waals surface area contributed by atoms with Crippen LogP contribution in [0.3, 0.4) is 0 Å². The first-order chi connectivity index (χ1) is 13.0. The third kappa shape index (κ3) is 5.55. The van der Waals surface area contributed by atoms with Gasteiger partial charge in [0.2, 0.25) is 0 Å². The quantitative estimate of drug-likeness (QED) is 0.603. The molecule has 0 radical (unpaired) electrons. The molecule has 7 heteroatoms. The van der Waals surface area contributed by atoms with Gasteiger partial charge in [-0.3, -0.25) is 0 Å². The first kappa shape index (κ1) is 21.9. The number of hydrogen-bond acceptors (Lipinski definition) is 4. The zero-order valence-electron chi connectivity index (χ0n) is 15.9. The van der Waals surface area contributed by atoms with Gasteiger partial charge in [0.25, 0.3) is 0 Å². The average Bonchev–Trinajstić information content (AvgIpc) is 3.07. The molecule has 3 rings (SSSR count). The van der Waals surface area contributed by atoms with Gasteiger partial charge in [0.1, 0.15) is 30.1 Å². The van der Waals surface area contributed by atoms with E-state index in [9.17, 15) is 9.50 Å². The predicted octanol–water partition coefficient (Wildman–Crippen LogP) is 3.41. The molecule has 1 aromatic heterocycles. The Kier molecular flexibility index (Phi) is 7.99. The number of aliphatic hydroxyl groups is 1. The zero-order chi connectivity index (χ0) is 19.2. The standard InChI is InChI=1S/C21H24FN3O2.ClH/c1-15-6-3-4-9-19(15)27-14-18(26)13-24-20(21-23-10-11-25(21)2)16-7-5-8-17(22)12-16;/h3-12,18,20,24,26H,13-14H2,1-2H3;1H. The van der Waals surface area contributed by atoms with Crippen molar-refractivity contribution in [3.63, 3.8) is 0 Å². The number of nitrogens with one attached hydrogen (secondary N) is 1. The Morgan fingerprint density at radius 3 is 2.68 bits per heavy atom. The molecule has 0 saturated carbocycles. The van der Waals surface area contributed by atoms with Gasteiger partial charge < -0.3 is 19.7 Å². The van der Waals surface area contributed by atoms with Gasteiger partial charge in [-0.15, -0.1) is 12.4 Å². The number of nitrogens with zero attached hydrogens (tertiary/aromatic N) is 2. The van der Waals surface area contributed by atoms with Crippen molar-refractivity contribution in [3.05, 3.63) is 83.7 Å². The first-order valence-electron chi connectivity index (χ1n) is 8.87. The fourth-order valence-electron chi connectivity index (χ4n) is 2.92. The molecule has 0 aliphatic carbocycles. The smallest absolute Gasteiger partial charge is 0.130 e. The van der Waals surface area contributed by atoms with Crippen LogP contribution in [0.25, 0.3) is 0 Å². The van der Waals surface area contributed by atoms with Crippen LogP contribution < -0.4 is 10.1 Å². The highest BCUT2D eigenvalue weighted by Crippen LogP contribution is 2.21. The fraction of sp³-hybridized carbons (Fsp3) is 0.286. The van der Waals surface area contributed by atoms with Crippen LogP contribution in [-0.2, 0) is 7.05 Å². The number of hydrogen-bond donors (Lipinski definition) is 2. The third-order valence-electron chi connectivity index (χ3n) is 4.38. The van der Waals surface area contributed by atoms with E-state index in [2.05, 4.69) is 10.3 Å². The summed E-state index contributed by atoms with van der Waals surface area (Å²) in [4.78, 5) is 4.37. The molecular weight excluding hydrogens is 381 g/mol. The maximum atomic E-state index is 13.7. The maximum absolute atomic E-state index is 13.7. The summed E-state index contributed by atoms with van der Waals surface area (Å²) in [5.41, 5.74) is 1.76. The molecule has 28 heavy (non-hydrogen) atoms. The van der Waals surface area contributed by atoms with Crippen LogP contribution in [0.5, 0.6) is 5.75 Å². The number of rotatable bonds is 8. The number of aromatic nitrogens is 2. The number of imidazole rings is 1.